The average molecular weight is 365 g/mol. The normalized spacial score (nSPS) is 17.2. The smallest absolute Gasteiger partial charge is 0.227 e. The first-order valence-corrected chi connectivity index (χ1v) is 9.45. The van der Waals surface area contributed by atoms with E-state index in [9.17, 15) is 9.59 Å². The number of hydrogen-bond acceptors (Lipinski definition) is 2. The quantitative estimate of drug-likeness (QED) is 0.870. The highest BCUT2D eigenvalue weighted by atomic mass is 35.5. The third-order valence-corrected chi connectivity index (χ3v) is 5.04. The van der Waals surface area contributed by atoms with Crippen LogP contribution in [-0.4, -0.2) is 29.8 Å². The SMILES string of the molecule is CCC(NC(=O)C1CCN(C(=O)C(C)(C)C)CC1)c1ccc(Cl)cc1. The van der Waals surface area contributed by atoms with Crippen molar-refractivity contribution in [2.24, 2.45) is 11.3 Å². The van der Waals surface area contributed by atoms with Gasteiger partial charge in [-0.3, -0.25) is 9.59 Å². The molecule has 138 valence electrons. The van der Waals surface area contributed by atoms with Gasteiger partial charge in [0.05, 0.1) is 6.04 Å². The number of rotatable bonds is 4. The van der Waals surface area contributed by atoms with Gasteiger partial charge in [-0.15, -0.1) is 0 Å². The lowest BCUT2D eigenvalue weighted by molar-refractivity contribution is -0.142. The van der Waals surface area contributed by atoms with E-state index in [0.717, 1.165) is 24.8 Å². The van der Waals surface area contributed by atoms with Gasteiger partial charge >= 0.3 is 0 Å². The van der Waals surface area contributed by atoms with Crippen molar-refractivity contribution in [1.82, 2.24) is 10.2 Å². The molecule has 0 spiro atoms. The monoisotopic (exact) mass is 364 g/mol. The van der Waals surface area contributed by atoms with E-state index in [1.165, 1.54) is 0 Å². The topological polar surface area (TPSA) is 49.4 Å². The minimum atomic E-state index is -0.364. The predicted octanol–water partition coefficient (Wildman–Crippen LogP) is 4.19. The van der Waals surface area contributed by atoms with E-state index < -0.39 is 0 Å². The maximum Gasteiger partial charge on any atom is 0.227 e. The van der Waals surface area contributed by atoms with Crippen molar-refractivity contribution in [1.29, 1.82) is 0 Å². The molecule has 0 aromatic heterocycles. The molecule has 4 nitrogen and oxygen atoms in total. The number of hydrogen-bond donors (Lipinski definition) is 1. The molecule has 1 aromatic rings. The zero-order valence-electron chi connectivity index (χ0n) is 15.6. The first-order chi connectivity index (χ1) is 11.7. The molecule has 1 saturated heterocycles. The van der Waals surface area contributed by atoms with E-state index in [-0.39, 0.29) is 29.2 Å². The molecule has 1 aliphatic heterocycles. The van der Waals surface area contributed by atoms with Crippen molar-refractivity contribution in [3.05, 3.63) is 34.9 Å². The number of nitrogens with one attached hydrogen (secondary N) is 1. The van der Waals surface area contributed by atoms with Crippen LogP contribution in [0.25, 0.3) is 0 Å². The molecule has 1 atom stereocenters. The van der Waals surface area contributed by atoms with Crippen molar-refractivity contribution in [3.8, 4) is 0 Å². The fraction of sp³-hybridized carbons (Fsp3) is 0.600. The molecule has 0 radical (unpaired) electrons. The average Bonchev–Trinajstić information content (AvgIpc) is 2.59. The Kier molecular flexibility index (Phi) is 6.50. The van der Waals surface area contributed by atoms with Gasteiger partial charge in [-0.25, -0.2) is 0 Å². The number of piperidine rings is 1. The lowest BCUT2D eigenvalue weighted by Crippen LogP contribution is -2.47. The molecule has 1 aliphatic rings. The highest BCUT2D eigenvalue weighted by molar-refractivity contribution is 6.30. The zero-order valence-corrected chi connectivity index (χ0v) is 16.4. The van der Waals surface area contributed by atoms with E-state index in [0.29, 0.717) is 18.1 Å². The van der Waals surface area contributed by atoms with Crippen molar-refractivity contribution >= 4 is 23.4 Å². The van der Waals surface area contributed by atoms with Gasteiger partial charge in [0, 0.05) is 29.4 Å². The molecule has 1 fully saturated rings. The number of carbonyl (C=O) groups is 2. The second kappa shape index (κ2) is 8.22. The van der Waals surface area contributed by atoms with E-state index in [2.05, 4.69) is 12.2 Å². The summed E-state index contributed by atoms with van der Waals surface area (Å²) in [5.74, 6) is 0.231. The Bertz CT molecular complexity index is 599. The summed E-state index contributed by atoms with van der Waals surface area (Å²) in [6.45, 7) is 9.19. The summed E-state index contributed by atoms with van der Waals surface area (Å²) in [5, 5.41) is 3.86. The van der Waals surface area contributed by atoms with E-state index in [1.54, 1.807) is 0 Å². The molecule has 1 heterocycles. The minimum absolute atomic E-state index is 0.000923. The van der Waals surface area contributed by atoms with Gasteiger partial charge in [0.1, 0.15) is 0 Å². The molecule has 25 heavy (non-hydrogen) atoms. The Labute approximate surface area is 155 Å². The molecule has 1 aromatic carbocycles. The second-order valence-corrected chi connectivity index (χ2v) is 8.27. The van der Waals surface area contributed by atoms with Crippen LogP contribution in [0.15, 0.2) is 24.3 Å². The van der Waals surface area contributed by atoms with Crippen molar-refractivity contribution < 1.29 is 9.59 Å². The van der Waals surface area contributed by atoms with Crippen LogP contribution >= 0.6 is 11.6 Å². The van der Waals surface area contributed by atoms with Crippen LogP contribution in [0.4, 0.5) is 0 Å². The third-order valence-electron chi connectivity index (χ3n) is 4.79. The molecule has 0 aliphatic carbocycles. The van der Waals surface area contributed by atoms with Gasteiger partial charge in [-0.05, 0) is 37.0 Å². The Hall–Kier alpha value is -1.55. The lowest BCUT2D eigenvalue weighted by Gasteiger charge is -2.35. The predicted molar refractivity (Wildman–Crippen MR) is 101 cm³/mol. The Balaban J connectivity index is 1.91. The molecule has 5 heteroatoms. The van der Waals surface area contributed by atoms with Gasteiger partial charge in [0.2, 0.25) is 11.8 Å². The molecule has 1 unspecified atom stereocenters. The molecule has 0 bridgehead atoms. The summed E-state index contributed by atoms with van der Waals surface area (Å²) in [6.07, 6.45) is 2.28. The third kappa shape index (κ3) is 5.21. The number of halogens is 1. The van der Waals surface area contributed by atoms with Gasteiger partial charge in [-0.1, -0.05) is 51.4 Å². The maximum atomic E-state index is 12.6. The number of carbonyl (C=O) groups excluding carboxylic acids is 2. The van der Waals surface area contributed by atoms with Crippen LogP contribution in [0.2, 0.25) is 5.02 Å². The first kappa shape index (κ1) is 19.8. The van der Waals surface area contributed by atoms with Crippen LogP contribution in [0.5, 0.6) is 0 Å². The summed E-state index contributed by atoms with van der Waals surface area (Å²) in [7, 11) is 0. The largest absolute Gasteiger partial charge is 0.349 e. The Morgan fingerprint density at radius 2 is 1.76 bits per heavy atom. The van der Waals surface area contributed by atoms with E-state index >= 15 is 0 Å². The summed E-state index contributed by atoms with van der Waals surface area (Å²) < 4.78 is 0. The number of nitrogens with zero attached hydrogens (tertiary/aromatic N) is 1. The Morgan fingerprint density at radius 1 is 1.20 bits per heavy atom. The number of likely N-dealkylation sites (tertiary alicyclic amines) is 1. The summed E-state index contributed by atoms with van der Waals surface area (Å²) in [4.78, 5) is 26.9. The van der Waals surface area contributed by atoms with Gasteiger partial charge in [0.25, 0.3) is 0 Å². The number of benzene rings is 1. The van der Waals surface area contributed by atoms with E-state index in [4.69, 9.17) is 11.6 Å². The molecule has 2 rings (SSSR count). The second-order valence-electron chi connectivity index (χ2n) is 7.84. The van der Waals surface area contributed by atoms with Gasteiger partial charge in [-0.2, -0.15) is 0 Å². The highest BCUT2D eigenvalue weighted by Gasteiger charge is 2.32. The van der Waals surface area contributed by atoms with Crippen LogP contribution in [0.3, 0.4) is 0 Å². The maximum absolute atomic E-state index is 12.6. The molecular formula is C20H29ClN2O2. The van der Waals surface area contributed by atoms with Crippen LogP contribution in [-0.2, 0) is 9.59 Å². The first-order valence-electron chi connectivity index (χ1n) is 9.07. The van der Waals surface area contributed by atoms with Crippen molar-refractivity contribution in [3.63, 3.8) is 0 Å². The zero-order chi connectivity index (χ0) is 18.6. The molecule has 0 saturated carbocycles. The van der Waals surface area contributed by atoms with Gasteiger partial charge in [0.15, 0.2) is 0 Å². The van der Waals surface area contributed by atoms with Crippen LogP contribution in [0.1, 0.15) is 58.6 Å². The lowest BCUT2D eigenvalue weighted by atomic mass is 9.90. The van der Waals surface area contributed by atoms with Crippen molar-refractivity contribution in [2.75, 3.05) is 13.1 Å². The van der Waals surface area contributed by atoms with Crippen LogP contribution < -0.4 is 5.32 Å². The van der Waals surface area contributed by atoms with Gasteiger partial charge < -0.3 is 10.2 Å². The fourth-order valence-corrected chi connectivity index (χ4v) is 3.35. The minimum Gasteiger partial charge on any atom is -0.349 e. The van der Waals surface area contributed by atoms with E-state index in [1.807, 2.05) is 49.9 Å². The highest BCUT2D eigenvalue weighted by Crippen LogP contribution is 2.25. The molecular weight excluding hydrogens is 336 g/mol. The Morgan fingerprint density at radius 3 is 2.24 bits per heavy atom. The standard InChI is InChI=1S/C20H29ClN2O2/c1-5-17(14-6-8-16(21)9-7-14)22-18(24)15-10-12-23(13-11-15)19(25)20(2,3)4/h6-9,15,17H,5,10-13H2,1-4H3,(H,22,24). The molecule has 2 amide bonds. The molecule has 1 N–H and O–H groups in total. The van der Waals surface area contributed by atoms with Crippen LogP contribution in [0, 0.1) is 11.3 Å². The summed E-state index contributed by atoms with van der Waals surface area (Å²) in [5.41, 5.74) is 0.706. The number of amides is 2. The summed E-state index contributed by atoms with van der Waals surface area (Å²) in [6, 6.07) is 7.62. The van der Waals surface area contributed by atoms with Crippen molar-refractivity contribution in [2.45, 2.75) is 53.0 Å². The summed E-state index contributed by atoms with van der Waals surface area (Å²) >= 11 is 5.94. The fourth-order valence-electron chi connectivity index (χ4n) is 3.22.